The Morgan fingerprint density at radius 1 is 0.886 bits per heavy atom. The van der Waals surface area contributed by atoms with Gasteiger partial charge in [0.15, 0.2) is 0 Å². The minimum Gasteiger partial charge on any atom is -0.481 e. The van der Waals surface area contributed by atoms with Crippen LogP contribution < -0.4 is 21.7 Å². The largest absolute Gasteiger partial charge is 0.481 e. The summed E-state index contributed by atoms with van der Waals surface area (Å²) in [5.74, 6) is -5.18. The second kappa shape index (κ2) is 14.7. The first kappa shape index (κ1) is 29.5. The van der Waals surface area contributed by atoms with Gasteiger partial charge in [-0.3, -0.25) is 19.2 Å². The highest BCUT2D eigenvalue weighted by Crippen LogP contribution is 2.09. The van der Waals surface area contributed by atoms with Crippen LogP contribution in [0.1, 0.15) is 38.7 Å². The van der Waals surface area contributed by atoms with Crippen molar-refractivity contribution >= 4 is 29.7 Å². The van der Waals surface area contributed by atoms with Gasteiger partial charge in [0.25, 0.3) is 0 Å². The smallest absolute Gasteiger partial charge is 0.328 e. The quantitative estimate of drug-likeness (QED) is 0.159. The molecule has 0 saturated heterocycles. The van der Waals surface area contributed by atoms with Crippen LogP contribution in [0.4, 0.5) is 0 Å². The Morgan fingerprint density at radius 3 is 1.94 bits per heavy atom. The maximum atomic E-state index is 13.0. The van der Waals surface area contributed by atoms with Crippen molar-refractivity contribution in [2.24, 2.45) is 11.7 Å². The standard InChI is InChI=1S/C23H34N4O8/c1-3-13(2)19(24)22(33)25-15(9-10-18(29)30)20(31)26-16(11-14-7-5-4-6-8-14)21(32)27-17(12-28)23(34)35/h4-8,13,15-17,19,28H,3,9-12,24H2,1-2H3,(H,25,33)(H,26,31)(H,27,32)(H,29,30)(H,34,35). The van der Waals surface area contributed by atoms with E-state index in [0.717, 1.165) is 0 Å². The number of aliphatic hydroxyl groups is 1. The first-order valence-electron chi connectivity index (χ1n) is 11.3. The van der Waals surface area contributed by atoms with E-state index >= 15 is 0 Å². The van der Waals surface area contributed by atoms with E-state index in [2.05, 4.69) is 16.0 Å². The third kappa shape index (κ3) is 10.1. The summed E-state index contributed by atoms with van der Waals surface area (Å²) >= 11 is 0. The van der Waals surface area contributed by atoms with Crippen molar-refractivity contribution in [2.45, 2.75) is 63.7 Å². The Kier molecular flexibility index (Phi) is 12.4. The van der Waals surface area contributed by atoms with Crippen molar-refractivity contribution in [1.82, 2.24) is 16.0 Å². The molecule has 0 bridgehead atoms. The lowest BCUT2D eigenvalue weighted by molar-refractivity contribution is -0.143. The first-order valence-corrected chi connectivity index (χ1v) is 11.3. The molecule has 0 radical (unpaired) electrons. The Balaban J connectivity index is 3.11. The summed E-state index contributed by atoms with van der Waals surface area (Å²) in [7, 11) is 0. The zero-order chi connectivity index (χ0) is 26.5. The fraction of sp³-hybridized carbons (Fsp3) is 0.522. The number of aliphatic hydroxyl groups excluding tert-OH is 1. The molecule has 0 aliphatic carbocycles. The van der Waals surface area contributed by atoms with Crippen LogP contribution in [-0.2, 0) is 30.4 Å². The zero-order valence-corrected chi connectivity index (χ0v) is 19.8. The Hall–Kier alpha value is -3.51. The predicted octanol–water partition coefficient (Wildman–Crippen LogP) is -1.00. The molecule has 5 atom stereocenters. The van der Waals surface area contributed by atoms with E-state index in [1.54, 1.807) is 37.3 Å². The number of carbonyl (C=O) groups is 5. The van der Waals surface area contributed by atoms with E-state index in [-0.39, 0.29) is 18.8 Å². The summed E-state index contributed by atoms with van der Waals surface area (Å²) < 4.78 is 0. The fourth-order valence-corrected chi connectivity index (χ4v) is 3.11. The minimum atomic E-state index is -1.59. The number of benzene rings is 1. The number of amides is 3. The van der Waals surface area contributed by atoms with Crippen molar-refractivity contribution < 1.29 is 39.3 Å². The second-order valence-electron chi connectivity index (χ2n) is 8.24. The highest BCUT2D eigenvalue weighted by molar-refractivity contribution is 5.94. The molecule has 1 rings (SSSR count). The number of carbonyl (C=O) groups excluding carboxylic acids is 3. The number of rotatable bonds is 15. The van der Waals surface area contributed by atoms with Crippen molar-refractivity contribution in [3.05, 3.63) is 35.9 Å². The number of carboxylic acid groups (broad SMARTS) is 2. The van der Waals surface area contributed by atoms with Gasteiger partial charge in [-0.05, 0) is 17.9 Å². The Morgan fingerprint density at radius 2 is 1.43 bits per heavy atom. The summed E-state index contributed by atoms with van der Waals surface area (Å²) in [6.45, 7) is 2.74. The summed E-state index contributed by atoms with van der Waals surface area (Å²) in [5, 5.41) is 34.5. The minimum absolute atomic E-state index is 0.0256. The van der Waals surface area contributed by atoms with Gasteiger partial charge in [0.05, 0.1) is 12.6 Å². The molecule has 0 aromatic heterocycles. The molecule has 1 aromatic carbocycles. The van der Waals surface area contributed by atoms with Crippen LogP contribution in [0.5, 0.6) is 0 Å². The van der Waals surface area contributed by atoms with Crippen molar-refractivity contribution in [3.63, 3.8) is 0 Å². The molecule has 0 heterocycles. The van der Waals surface area contributed by atoms with Crippen molar-refractivity contribution in [1.29, 1.82) is 0 Å². The SMILES string of the molecule is CCC(C)C(N)C(=O)NC(CCC(=O)O)C(=O)NC(Cc1ccccc1)C(=O)NC(CO)C(=O)O. The second-order valence-corrected chi connectivity index (χ2v) is 8.24. The number of aliphatic carboxylic acids is 2. The van der Waals surface area contributed by atoms with Crippen LogP contribution in [0, 0.1) is 5.92 Å². The van der Waals surface area contributed by atoms with E-state index < -0.39 is 66.9 Å². The molecule has 194 valence electrons. The molecule has 0 fully saturated rings. The topological polar surface area (TPSA) is 208 Å². The molecular weight excluding hydrogens is 460 g/mol. The van der Waals surface area contributed by atoms with Gasteiger partial charge >= 0.3 is 11.9 Å². The van der Waals surface area contributed by atoms with E-state index in [4.69, 9.17) is 15.9 Å². The molecule has 0 aliphatic heterocycles. The fourth-order valence-electron chi connectivity index (χ4n) is 3.11. The average Bonchev–Trinajstić information content (AvgIpc) is 2.83. The lowest BCUT2D eigenvalue weighted by Gasteiger charge is -2.26. The molecule has 12 heteroatoms. The summed E-state index contributed by atoms with van der Waals surface area (Å²) in [4.78, 5) is 60.7. The molecule has 5 unspecified atom stereocenters. The summed E-state index contributed by atoms with van der Waals surface area (Å²) in [6.07, 6.45) is -0.107. The van der Waals surface area contributed by atoms with Gasteiger partial charge in [0.1, 0.15) is 18.1 Å². The van der Waals surface area contributed by atoms with Crippen molar-refractivity contribution in [2.75, 3.05) is 6.61 Å². The molecular formula is C23H34N4O8. The van der Waals surface area contributed by atoms with Crippen LogP contribution in [0.3, 0.4) is 0 Å². The molecule has 3 amide bonds. The molecule has 12 nitrogen and oxygen atoms in total. The normalized spacial score (nSPS) is 15.1. The number of carboxylic acids is 2. The first-order chi connectivity index (χ1) is 16.5. The van der Waals surface area contributed by atoms with Gasteiger partial charge in [-0.2, -0.15) is 0 Å². The zero-order valence-electron chi connectivity index (χ0n) is 19.8. The van der Waals surface area contributed by atoms with E-state index in [9.17, 15) is 29.1 Å². The molecule has 1 aromatic rings. The van der Waals surface area contributed by atoms with Gasteiger partial charge in [0.2, 0.25) is 17.7 Å². The van der Waals surface area contributed by atoms with Crippen LogP contribution in [0.15, 0.2) is 30.3 Å². The highest BCUT2D eigenvalue weighted by atomic mass is 16.4. The maximum absolute atomic E-state index is 13.0. The maximum Gasteiger partial charge on any atom is 0.328 e. The Bertz CT molecular complexity index is 880. The third-order valence-electron chi connectivity index (χ3n) is 5.55. The monoisotopic (exact) mass is 494 g/mol. The van der Waals surface area contributed by atoms with Gasteiger partial charge in [-0.1, -0.05) is 50.6 Å². The van der Waals surface area contributed by atoms with Crippen molar-refractivity contribution in [3.8, 4) is 0 Å². The average molecular weight is 495 g/mol. The van der Waals surface area contributed by atoms with Crippen LogP contribution in [-0.4, -0.2) is 75.8 Å². The van der Waals surface area contributed by atoms with Gasteiger partial charge < -0.3 is 37.0 Å². The highest BCUT2D eigenvalue weighted by Gasteiger charge is 2.31. The molecule has 8 N–H and O–H groups in total. The van der Waals surface area contributed by atoms with Crippen LogP contribution >= 0.6 is 0 Å². The summed E-state index contributed by atoms with van der Waals surface area (Å²) in [5.41, 5.74) is 6.57. The van der Waals surface area contributed by atoms with Gasteiger partial charge in [-0.15, -0.1) is 0 Å². The van der Waals surface area contributed by atoms with E-state index in [1.807, 2.05) is 6.92 Å². The number of nitrogens with two attached hydrogens (primary N) is 1. The van der Waals surface area contributed by atoms with Crippen LogP contribution in [0.25, 0.3) is 0 Å². The summed E-state index contributed by atoms with van der Waals surface area (Å²) in [6, 6.07) is 3.49. The van der Waals surface area contributed by atoms with Gasteiger partial charge in [0, 0.05) is 12.8 Å². The molecule has 35 heavy (non-hydrogen) atoms. The number of hydrogen-bond donors (Lipinski definition) is 7. The van der Waals surface area contributed by atoms with Crippen LogP contribution in [0.2, 0.25) is 0 Å². The number of nitrogens with one attached hydrogen (secondary N) is 3. The third-order valence-corrected chi connectivity index (χ3v) is 5.55. The predicted molar refractivity (Wildman–Crippen MR) is 125 cm³/mol. The number of hydrogen-bond acceptors (Lipinski definition) is 7. The van der Waals surface area contributed by atoms with E-state index in [1.165, 1.54) is 0 Å². The Labute approximate surface area is 203 Å². The van der Waals surface area contributed by atoms with Gasteiger partial charge in [-0.25, -0.2) is 4.79 Å². The molecule has 0 saturated carbocycles. The van der Waals surface area contributed by atoms with E-state index in [0.29, 0.717) is 12.0 Å². The molecule has 0 spiro atoms. The lowest BCUT2D eigenvalue weighted by Crippen LogP contribution is -2.58. The molecule has 0 aliphatic rings. The lowest BCUT2D eigenvalue weighted by atomic mass is 9.98.